The topological polar surface area (TPSA) is 93.5 Å². The average molecular weight is 410 g/mol. The van der Waals surface area contributed by atoms with E-state index in [1.807, 2.05) is 31.2 Å². The third kappa shape index (κ3) is 3.58. The molecule has 1 N–H and O–H groups in total. The third-order valence-electron chi connectivity index (χ3n) is 5.67. The van der Waals surface area contributed by atoms with Crippen LogP contribution in [0.2, 0.25) is 0 Å². The van der Waals surface area contributed by atoms with Gasteiger partial charge in [-0.05, 0) is 39.2 Å². The fraction of sp³-hybridized carbons (Fsp3) is 0.455. The van der Waals surface area contributed by atoms with Crippen LogP contribution in [-0.2, 0) is 22.6 Å². The maximum Gasteiger partial charge on any atom is 0.358 e. The summed E-state index contributed by atoms with van der Waals surface area (Å²) >= 11 is 0. The highest BCUT2D eigenvalue weighted by molar-refractivity contribution is 6.01. The van der Waals surface area contributed by atoms with Crippen molar-refractivity contribution >= 4 is 17.8 Å². The van der Waals surface area contributed by atoms with Crippen molar-refractivity contribution in [3.05, 3.63) is 52.8 Å². The molecule has 0 saturated heterocycles. The highest BCUT2D eigenvalue weighted by Crippen LogP contribution is 2.38. The van der Waals surface area contributed by atoms with Gasteiger partial charge in [-0.2, -0.15) is 5.10 Å². The minimum absolute atomic E-state index is 0.0299. The van der Waals surface area contributed by atoms with Crippen LogP contribution >= 0.6 is 0 Å². The lowest BCUT2D eigenvalue weighted by Gasteiger charge is -2.43. The molecular weight excluding hydrogens is 384 g/mol. The number of amides is 2. The summed E-state index contributed by atoms with van der Waals surface area (Å²) < 4.78 is 6.46. The Kier molecular flexibility index (Phi) is 5.09. The van der Waals surface area contributed by atoms with Crippen molar-refractivity contribution in [2.45, 2.75) is 58.3 Å². The Bertz CT molecular complexity index is 993. The van der Waals surface area contributed by atoms with E-state index in [9.17, 15) is 14.4 Å². The molecular formula is C22H26N4O4. The molecule has 0 radical (unpaired) electrons. The summed E-state index contributed by atoms with van der Waals surface area (Å²) in [6.07, 6.45) is 1.73. The van der Waals surface area contributed by atoms with Crippen LogP contribution in [0.1, 0.15) is 58.8 Å². The molecule has 2 amide bonds. The molecule has 1 aliphatic heterocycles. The van der Waals surface area contributed by atoms with Gasteiger partial charge in [-0.3, -0.25) is 14.3 Å². The van der Waals surface area contributed by atoms with Crippen LogP contribution in [0.5, 0.6) is 0 Å². The van der Waals surface area contributed by atoms with Crippen LogP contribution < -0.4 is 5.32 Å². The molecule has 30 heavy (non-hydrogen) atoms. The smallest absolute Gasteiger partial charge is 0.358 e. The Morgan fingerprint density at radius 3 is 2.60 bits per heavy atom. The Hall–Kier alpha value is -3.16. The molecule has 8 nitrogen and oxygen atoms in total. The van der Waals surface area contributed by atoms with Crippen LogP contribution in [0.3, 0.4) is 0 Å². The second-order valence-electron chi connectivity index (χ2n) is 8.14. The number of esters is 1. The molecule has 1 fully saturated rings. The summed E-state index contributed by atoms with van der Waals surface area (Å²) in [6.45, 7) is 6.27. The highest BCUT2D eigenvalue weighted by Gasteiger charge is 2.53. The molecule has 1 atom stereocenters. The van der Waals surface area contributed by atoms with Gasteiger partial charge in [0.05, 0.1) is 13.2 Å². The number of aromatic nitrogens is 2. The number of carbonyl (C=O) groups is 3. The molecule has 2 aromatic rings. The van der Waals surface area contributed by atoms with E-state index in [0.717, 1.165) is 24.0 Å². The number of fused-ring (bicyclic) bond motifs is 1. The van der Waals surface area contributed by atoms with E-state index < -0.39 is 11.5 Å². The lowest BCUT2D eigenvalue weighted by atomic mass is 9.94. The first-order valence-corrected chi connectivity index (χ1v) is 10.3. The number of nitrogens with zero attached hydrogens (tertiary/aromatic N) is 3. The quantitative estimate of drug-likeness (QED) is 0.736. The number of hydrogen-bond acceptors (Lipinski definition) is 5. The molecule has 1 aliphatic carbocycles. The molecule has 1 saturated carbocycles. The number of aryl methyl sites for hydroxylation is 1. The zero-order chi connectivity index (χ0) is 21.5. The van der Waals surface area contributed by atoms with Crippen LogP contribution in [0.4, 0.5) is 0 Å². The van der Waals surface area contributed by atoms with E-state index in [-0.39, 0.29) is 36.7 Å². The normalized spacial score (nSPS) is 20.6. The second kappa shape index (κ2) is 7.59. The summed E-state index contributed by atoms with van der Waals surface area (Å²) in [5.74, 6) is -1.09. The number of nitrogens with one attached hydrogen (secondary N) is 1. The maximum absolute atomic E-state index is 13.3. The predicted molar refractivity (Wildman–Crippen MR) is 109 cm³/mol. The molecule has 8 heteroatoms. The zero-order valence-corrected chi connectivity index (χ0v) is 17.5. The standard InChI is InChI=1S/C22H26N4O4/c1-4-30-20(28)17-11-18-19(27)26(16-9-10-16)22(3,13-25(18)24-17)21(29)23-12-15-7-5-14(2)6-8-15/h5-8,11,16H,4,9-10,12-13H2,1-3H3,(H,23,29). The number of hydrogen-bond donors (Lipinski definition) is 1. The summed E-state index contributed by atoms with van der Waals surface area (Å²) in [6, 6.07) is 9.43. The lowest BCUT2D eigenvalue weighted by molar-refractivity contribution is -0.133. The third-order valence-corrected chi connectivity index (χ3v) is 5.67. The van der Waals surface area contributed by atoms with E-state index in [1.54, 1.807) is 18.7 Å². The first-order valence-electron chi connectivity index (χ1n) is 10.3. The maximum atomic E-state index is 13.3. The van der Waals surface area contributed by atoms with Gasteiger partial charge in [-0.1, -0.05) is 29.8 Å². The zero-order valence-electron chi connectivity index (χ0n) is 17.5. The van der Waals surface area contributed by atoms with E-state index in [4.69, 9.17) is 4.74 Å². The van der Waals surface area contributed by atoms with Gasteiger partial charge in [0.15, 0.2) is 5.69 Å². The molecule has 4 rings (SSSR count). The second-order valence-corrected chi connectivity index (χ2v) is 8.14. The Balaban J connectivity index is 1.59. The summed E-state index contributed by atoms with van der Waals surface area (Å²) in [4.78, 5) is 40.3. The van der Waals surface area contributed by atoms with Crippen LogP contribution in [0, 0.1) is 6.92 Å². The molecule has 1 aromatic carbocycles. The summed E-state index contributed by atoms with van der Waals surface area (Å²) in [5, 5.41) is 7.23. The summed E-state index contributed by atoms with van der Waals surface area (Å²) in [5.41, 5.74) is 1.45. The van der Waals surface area contributed by atoms with Crippen molar-refractivity contribution in [1.82, 2.24) is 20.0 Å². The van der Waals surface area contributed by atoms with Crippen LogP contribution in [0.15, 0.2) is 30.3 Å². The van der Waals surface area contributed by atoms with E-state index in [2.05, 4.69) is 10.4 Å². The van der Waals surface area contributed by atoms with Crippen molar-refractivity contribution in [1.29, 1.82) is 0 Å². The van der Waals surface area contributed by atoms with Gasteiger partial charge in [0.1, 0.15) is 11.2 Å². The van der Waals surface area contributed by atoms with Gasteiger partial charge in [0.25, 0.3) is 5.91 Å². The first kappa shape index (κ1) is 20.1. The van der Waals surface area contributed by atoms with Gasteiger partial charge < -0.3 is 15.0 Å². The highest BCUT2D eigenvalue weighted by atomic mass is 16.5. The van der Waals surface area contributed by atoms with Crippen molar-refractivity contribution < 1.29 is 19.1 Å². The molecule has 0 spiro atoms. The van der Waals surface area contributed by atoms with E-state index >= 15 is 0 Å². The fourth-order valence-electron chi connectivity index (χ4n) is 3.89. The van der Waals surface area contributed by atoms with Gasteiger partial charge in [-0.15, -0.1) is 0 Å². The molecule has 1 unspecified atom stereocenters. The Morgan fingerprint density at radius 1 is 1.27 bits per heavy atom. The largest absolute Gasteiger partial charge is 0.461 e. The van der Waals surface area contributed by atoms with Crippen molar-refractivity contribution in [2.24, 2.45) is 0 Å². The van der Waals surface area contributed by atoms with Crippen molar-refractivity contribution in [2.75, 3.05) is 6.61 Å². The molecule has 0 bridgehead atoms. The average Bonchev–Trinajstić information content (AvgIpc) is 3.45. The Morgan fingerprint density at radius 2 is 1.97 bits per heavy atom. The number of carbonyl (C=O) groups excluding carboxylic acids is 3. The van der Waals surface area contributed by atoms with Gasteiger partial charge in [-0.25, -0.2) is 4.79 Å². The SMILES string of the molecule is CCOC(=O)c1cc2n(n1)CC(C)(C(=O)NCc1ccc(C)cc1)N(C1CC1)C2=O. The van der Waals surface area contributed by atoms with E-state index in [0.29, 0.717) is 12.2 Å². The number of benzene rings is 1. The monoisotopic (exact) mass is 410 g/mol. The molecule has 1 aromatic heterocycles. The minimum Gasteiger partial charge on any atom is -0.461 e. The van der Waals surface area contributed by atoms with Crippen LogP contribution in [-0.4, -0.2) is 50.7 Å². The predicted octanol–water partition coefficient (Wildman–Crippen LogP) is 2.06. The minimum atomic E-state index is -1.09. The molecule has 2 heterocycles. The lowest BCUT2D eigenvalue weighted by Crippen LogP contribution is -2.64. The van der Waals surface area contributed by atoms with Gasteiger partial charge in [0, 0.05) is 18.7 Å². The number of rotatable bonds is 6. The van der Waals surface area contributed by atoms with E-state index in [1.165, 1.54) is 10.7 Å². The molecule has 2 aliphatic rings. The van der Waals surface area contributed by atoms with Gasteiger partial charge >= 0.3 is 5.97 Å². The molecule has 158 valence electrons. The van der Waals surface area contributed by atoms with Crippen LogP contribution in [0.25, 0.3) is 0 Å². The van der Waals surface area contributed by atoms with Crippen molar-refractivity contribution in [3.63, 3.8) is 0 Å². The van der Waals surface area contributed by atoms with Gasteiger partial charge in [0.2, 0.25) is 5.91 Å². The Labute approximate surface area is 175 Å². The first-order chi connectivity index (χ1) is 14.3. The van der Waals surface area contributed by atoms with Crippen molar-refractivity contribution in [3.8, 4) is 0 Å². The summed E-state index contributed by atoms with van der Waals surface area (Å²) in [7, 11) is 0. The fourth-order valence-corrected chi connectivity index (χ4v) is 3.89. The number of ether oxygens (including phenoxy) is 1.